The highest BCUT2D eigenvalue weighted by Gasteiger charge is 2.53. The molecular weight excluding hydrogens is 192 g/mol. The molecule has 0 spiro atoms. The number of aromatic nitrogens is 2. The van der Waals surface area contributed by atoms with Gasteiger partial charge in [-0.3, -0.25) is 9.48 Å². The number of nitrogens with zero attached hydrogens (tertiary/aromatic N) is 2. The Morgan fingerprint density at radius 1 is 1.67 bits per heavy atom. The molecule has 1 unspecified atom stereocenters. The molecule has 1 fully saturated rings. The van der Waals surface area contributed by atoms with Gasteiger partial charge in [0.25, 0.3) is 0 Å². The molecule has 1 saturated carbocycles. The molecule has 1 heterocycles. The van der Waals surface area contributed by atoms with Crippen molar-refractivity contribution >= 4 is 5.97 Å². The summed E-state index contributed by atoms with van der Waals surface area (Å²) in [4.78, 5) is 10.9. The summed E-state index contributed by atoms with van der Waals surface area (Å²) < 4.78 is 1.89. The zero-order valence-corrected chi connectivity index (χ0v) is 9.05. The molecule has 82 valence electrons. The predicted octanol–water partition coefficient (Wildman–Crippen LogP) is 1.73. The molecule has 1 aliphatic carbocycles. The van der Waals surface area contributed by atoms with Crippen molar-refractivity contribution in [2.45, 2.75) is 32.7 Å². The van der Waals surface area contributed by atoms with E-state index < -0.39 is 5.97 Å². The quantitative estimate of drug-likeness (QED) is 0.819. The highest BCUT2D eigenvalue weighted by Crippen LogP contribution is 2.53. The molecule has 0 aliphatic heterocycles. The molecule has 4 nitrogen and oxygen atoms in total. The SMILES string of the molecule is CCCn1cc([C@H]2C(C)[C@@H]2C(=O)O)cn1. The van der Waals surface area contributed by atoms with Crippen LogP contribution in [0.3, 0.4) is 0 Å². The van der Waals surface area contributed by atoms with E-state index in [1.54, 1.807) is 6.20 Å². The summed E-state index contributed by atoms with van der Waals surface area (Å²) in [5.41, 5.74) is 1.07. The Bertz CT molecular complexity index is 372. The second kappa shape index (κ2) is 3.68. The number of carboxylic acid groups (broad SMARTS) is 1. The van der Waals surface area contributed by atoms with Crippen molar-refractivity contribution < 1.29 is 9.90 Å². The van der Waals surface area contributed by atoms with Crippen LogP contribution < -0.4 is 0 Å². The Morgan fingerprint density at radius 3 is 2.93 bits per heavy atom. The lowest BCUT2D eigenvalue weighted by Crippen LogP contribution is -1.99. The highest BCUT2D eigenvalue weighted by atomic mass is 16.4. The van der Waals surface area contributed by atoms with Crippen LogP contribution in [0.2, 0.25) is 0 Å². The van der Waals surface area contributed by atoms with Crippen LogP contribution >= 0.6 is 0 Å². The monoisotopic (exact) mass is 208 g/mol. The Morgan fingerprint density at radius 2 is 2.40 bits per heavy atom. The number of rotatable bonds is 4. The molecule has 2 rings (SSSR count). The normalized spacial score (nSPS) is 29.1. The molecule has 4 heteroatoms. The molecule has 15 heavy (non-hydrogen) atoms. The smallest absolute Gasteiger partial charge is 0.307 e. The summed E-state index contributed by atoms with van der Waals surface area (Å²) in [6.45, 7) is 4.99. The molecule has 1 N–H and O–H groups in total. The standard InChI is InChI=1S/C11H16N2O2/c1-3-4-13-6-8(5-12-13)9-7(2)10(9)11(14)15/h5-7,9-10H,3-4H2,1-2H3,(H,14,15)/t7?,9-,10+/m1/s1. The first-order valence-electron chi connectivity index (χ1n) is 5.40. The van der Waals surface area contributed by atoms with E-state index in [0.717, 1.165) is 18.5 Å². The molecule has 0 radical (unpaired) electrons. The van der Waals surface area contributed by atoms with Gasteiger partial charge in [0.2, 0.25) is 0 Å². The Labute approximate surface area is 88.9 Å². The minimum atomic E-state index is -0.684. The number of aryl methyl sites for hydroxylation is 1. The molecular formula is C11H16N2O2. The maximum absolute atomic E-state index is 10.9. The first-order valence-corrected chi connectivity index (χ1v) is 5.40. The third-order valence-electron chi connectivity index (χ3n) is 3.15. The van der Waals surface area contributed by atoms with E-state index in [0.29, 0.717) is 0 Å². The Kier molecular flexibility index (Phi) is 2.50. The van der Waals surface area contributed by atoms with Gasteiger partial charge in [0, 0.05) is 18.7 Å². The third-order valence-corrected chi connectivity index (χ3v) is 3.15. The van der Waals surface area contributed by atoms with Crippen LogP contribution in [0.5, 0.6) is 0 Å². The lowest BCUT2D eigenvalue weighted by atomic mass is 10.2. The van der Waals surface area contributed by atoms with Crippen molar-refractivity contribution in [1.82, 2.24) is 9.78 Å². The fourth-order valence-corrected chi connectivity index (χ4v) is 2.26. The molecule has 1 aromatic rings. The molecule has 1 aromatic heterocycles. The molecule has 0 saturated heterocycles. The van der Waals surface area contributed by atoms with E-state index >= 15 is 0 Å². The summed E-state index contributed by atoms with van der Waals surface area (Å²) in [6.07, 6.45) is 4.83. The van der Waals surface area contributed by atoms with Crippen LogP contribution in [0.15, 0.2) is 12.4 Å². The first-order chi connectivity index (χ1) is 7.15. The van der Waals surface area contributed by atoms with E-state index in [-0.39, 0.29) is 17.8 Å². The van der Waals surface area contributed by atoms with Gasteiger partial charge in [0.05, 0.1) is 12.1 Å². The molecule has 0 aromatic carbocycles. The van der Waals surface area contributed by atoms with Crippen LogP contribution in [0, 0.1) is 11.8 Å². The minimum absolute atomic E-state index is 0.174. The van der Waals surface area contributed by atoms with Crippen LogP contribution in [-0.2, 0) is 11.3 Å². The van der Waals surface area contributed by atoms with Gasteiger partial charge in [-0.25, -0.2) is 0 Å². The Balaban J connectivity index is 2.08. The number of hydrogen-bond acceptors (Lipinski definition) is 2. The minimum Gasteiger partial charge on any atom is -0.481 e. The number of carboxylic acids is 1. The zero-order valence-electron chi connectivity index (χ0n) is 9.05. The van der Waals surface area contributed by atoms with Crippen LogP contribution in [0.1, 0.15) is 31.7 Å². The van der Waals surface area contributed by atoms with E-state index in [1.807, 2.05) is 17.8 Å². The van der Waals surface area contributed by atoms with Gasteiger partial charge in [-0.15, -0.1) is 0 Å². The zero-order chi connectivity index (χ0) is 11.0. The number of hydrogen-bond donors (Lipinski definition) is 1. The largest absolute Gasteiger partial charge is 0.481 e. The summed E-state index contributed by atoms with van der Waals surface area (Å²) >= 11 is 0. The molecule has 3 atom stereocenters. The van der Waals surface area contributed by atoms with Crippen molar-refractivity contribution in [2.75, 3.05) is 0 Å². The van der Waals surface area contributed by atoms with Crippen LogP contribution in [0.4, 0.5) is 0 Å². The van der Waals surface area contributed by atoms with E-state index in [9.17, 15) is 4.79 Å². The van der Waals surface area contributed by atoms with Gasteiger partial charge >= 0.3 is 5.97 Å². The summed E-state index contributed by atoms with van der Waals surface area (Å²) in [5, 5.41) is 13.2. The maximum atomic E-state index is 10.9. The third kappa shape index (κ3) is 1.76. The van der Waals surface area contributed by atoms with Gasteiger partial charge < -0.3 is 5.11 Å². The van der Waals surface area contributed by atoms with Crippen molar-refractivity contribution in [3.8, 4) is 0 Å². The van der Waals surface area contributed by atoms with E-state index in [4.69, 9.17) is 5.11 Å². The lowest BCUT2D eigenvalue weighted by Gasteiger charge is -1.95. The van der Waals surface area contributed by atoms with Crippen LogP contribution in [0.25, 0.3) is 0 Å². The summed E-state index contributed by atoms with van der Waals surface area (Å²) in [6, 6.07) is 0. The summed E-state index contributed by atoms with van der Waals surface area (Å²) in [7, 11) is 0. The number of carbonyl (C=O) groups is 1. The van der Waals surface area contributed by atoms with Crippen molar-refractivity contribution in [2.24, 2.45) is 11.8 Å². The van der Waals surface area contributed by atoms with Gasteiger partial charge in [0.15, 0.2) is 0 Å². The average Bonchev–Trinajstić information content (AvgIpc) is 2.65. The van der Waals surface area contributed by atoms with Crippen LogP contribution in [-0.4, -0.2) is 20.9 Å². The van der Waals surface area contributed by atoms with Gasteiger partial charge in [-0.05, 0) is 17.9 Å². The molecule has 0 bridgehead atoms. The van der Waals surface area contributed by atoms with Gasteiger partial charge in [-0.2, -0.15) is 5.10 Å². The highest BCUT2D eigenvalue weighted by molar-refractivity contribution is 5.76. The lowest BCUT2D eigenvalue weighted by molar-refractivity contribution is -0.138. The number of aliphatic carboxylic acids is 1. The topological polar surface area (TPSA) is 55.1 Å². The van der Waals surface area contributed by atoms with Crippen molar-refractivity contribution in [3.63, 3.8) is 0 Å². The van der Waals surface area contributed by atoms with E-state index in [2.05, 4.69) is 12.0 Å². The van der Waals surface area contributed by atoms with E-state index in [1.165, 1.54) is 0 Å². The van der Waals surface area contributed by atoms with Crippen molar-refractivity contribution in [1.29, 1.82) is 0 Å². The summed E-state index contributed by atoms with van der Waals surface area (Å²) in [5.74, 6) is -0.463. The molecule has 1 aliphatic rings. The van der Waals surface area contributed by atoms with Crippen molar-refractivity contribution in [3.05, 3.63) is 18.0 Å². The van der Waals surface area contributed by atoms with Gasteiger partial charge in [0.1, 0.15) is 0 Å². The Hall–Kier alpha value is -1.32. The molecule has 0 amide bonds. The first kappa shape index (κ1) is 10.2. The maximum Gasteiger partial charge on any atom is 0.307 e. The fourth-order valence-electron chi connectivity index (χ4n) is 2.26. The fraction of sp³-hybridized carbons (Fsp3) is 0.636. The predicted molar refractivity (Wildman–Crippen MR) is 55.5 cm³/mol. The average molecular weight is 208 g/mol. The second-order valence-electron chi connectivity index (χ2n) is 4.29. The van der Waals surface area contributed by atoms with Gasteiger partial charge in [-0.1, -0.05) is 13.8 Å². The second-order valence-corrected chi connectivity index (χ2v) is 4.29.